The molecule has 0 amide bonds. The fraction of sp³-hybridized carbons (Fsp3) is 0.929. The zero-order valence-corrected chi connectivity index (χ0v) is 13.1. The zero-order chi connectivity index (χ0) is 14.7. The summed E-state index contributed by atoms with van der Waals surface area (Å²) in [6.07, 6.45) is 0.758. The molecular weight excluding hydrogens is 244 g/mol. The molecule has 1 N–H and O–H groups in total. The van der Waals surface area contributed by atoms with Gasteiger partial charge in [0.25, 0.3) is 0 Å². The summed E-state index contributed by atoms with van der Waals surface area (Å²) in [4.78, 5) is 14.1. The van der Waals surface area contributed by atoms with Crippen molar-refractivity contribution in [2.24, 2.45) is 0 Å². The Hall–Kier alpha value is -0.650. The highest BCUT2D eigenvalue weighted by Gasteiger charge is 2.20. The summed E-state index contributed by atoms with van der Waals surface area (Å²) in [7, 11) is 1.71. The van der Waals surface area contributed by atoms with Crippen LogP contribution >= 0.6 is 0 Å². The molecule has 0 rings (SSSR count). The summed E-state index contributed by atoms with van der Waals surface area (Å²) in [5.41, 5.74) is 0. The molecule has 0 bridgehead atoms. The van der Waals surface area contributed by atoms with Gasteiger partial charge >= 0.3 is 5.97 Å². The molecule has 1 unspecified atom stereocenters. The van der Waals surface area contributed by atoms with Crippen molar-refractivity contribution in [3.05, 3.63) is 0 Å². The van der Waals surface area contributed by atoms with Crippen molar-refractivity contribution in [2.45, 2.75) is 46.2 Å². The molecule has 0 radical (unpaired) electrons. The minimum absolute atomic E-state index is 0.153. The lowest BCUT2D eigenvalue weighted by molar-refractivity contribution is -0.146. The van der Waals surface area contributed by atoms with Gasteiger partial charge in [-0.15, -0.1) is 0 Å². The number of nitrogens with zero attached hydrogens (tertiary/aromatic N) is 1. The van der Waals surface area contributed by atoms with Crippen molar-refractivity contribution in [1.29, 1.82) is 0 Å². The second-order valence-corrected chi connectivity index (χ2v) is 4.77. The van der Waals surface area contributed by atoms with Crippen molar-refractivity contribution in [2.75, 3.05) is 40.0 Å². The summed E-state index contributed by atoms with van der Waals surface area (Å²) in [5, 5.41) is 3.19. The van der Waals surface area contributed by atoms with Crippen LogP contribution in [0.5, 0.6) is 0 Å². The van der Waals surface area contributed by atoms with Gasteiger partial charge in [-0.05, 0) is 33.7 Å². The van der Waals surface area contributed by atoms with Crippen molar-refractivity contribution in [1.82, 2.24) is 10.2 Å². The van der Waals surface area contributed by atoms with E-state index in [-0.39, 0.29) is 12.0 Å². The Morgan fingerprint density at radius 1 is 1.26 bits per heavy atom. The van der Waals surface area contributed by atoms with E-state index in [2.05, 4.69) is 24.1 Å². The minimum Gasteiger partial charge on any atom is -0.465 e. The molecule has 5 nitrogen and oxygen atoms in total. The van der Waals surface area contributed by atoms with Crippen LogP contribution < -0.4 is 5.32 Å². The lowest BCUT2D eigenvalue weighted by atomic mass is 10.1. The van der Waals surface area contributed by atoms with E-state index in [9.17, 15) is 4.79 Å². The van der Waals surface area contributed by atoms with Crippen molar-refractivity contribution in [3.63, 3.8) is 0 Å². The van der Waals surface area contributed by atoms with Crippen LogP contribution in [-0.2, 0) is 14.3 Å². The molecule has 114 valence electrons. The molecular formula is C14H30N2O3. The number of esters is 1. The number of methoxy groups -OCH3 is 1. The SMILES string of the molecule is CCNC(CCN(CCOC)C(C)C)C(=O)OCC. The lowest BCUT2D eigenvalue weighted by Gasteiger charge is -2.27. The number of hydrogen-bond donors (Lipinski definition) is 1. The predicted molar refractivity (Wildman–Crippen MR) is 77.3 cm³/mol. The van der Waals surface area contributed by atoms with Crippen molar-refractivity contribution >= 4 is 5.97 Å². The molecule has 0 saturated carbocycles. The van der Waals surface area contributed by atoms with Crippen LogP contribution in [0.4, 0.5) is 0 Å². The van der Waals surface area contributed by atoms with Crippen LogP contribution in [-0.4, -0.2) is 62.9 Å². The highest BCUT2D eigenvalue weighted by atomic mass is 16.5. The van der Waals surface area contributed by atoms with Crippen LogP contribution in [0.15, 0.2) is 0 Å². The standard InChI is InChI=1S/C14H30N2O3/c1-6-15-13(14(17)19-7-2)8-9-16(12(3)4)10-11-18-5/h12-13,15H,6-11H2,1-5H3. The summed E-state index contributed by atoms with van der Waals surface area (Å²) in [6, 6.07) is 0.230. The van der Waals surface area contributed by atoms with Gasteiger partial charge in [-0.25, -0.2) is 0 Å². The van der Waals surface area contributed by atoms with Gasteiger partial charge in [0.1, 0.15) is 6.04 Å². The first kappa shape index (κ1) is 18.4. The second kappa shape index (κ2) is 11.2. The van der Waals surface area contributed by atoms with Crippen LogP contribution in [0.25, 0.3) is 0 Å². The average Bonchev–Trinajstić information content (AvgIpc) is 2.37. The molecule has 0 saturated heterocycles. The maximum Gasteiger partial charge on any atom is 0.323 e. The van der Waals surface area contributed by atoms with E-state index in [1.165, 1.54) is 0 Å². The van der Waals surface area contributed by atoms with E-state index in [1.54, 1.807) is 7.11 Å². The highest BCUT2D eigenvalue weighted by molar-refractivity contribution is 5.75. The van der Waals surface area contributed by atoms with E-state index in [1.807, 2.05) is 13.8 Å². The van der Waals surface area contributed by atoms with Gasteiger partial charge < -0.3 is 14.8 Å². The summed E-state index contributed by atoms with van der Waals surface area (Å²) in [6.45, 7) is 11.8. The minimum atomic E-state index is -0.214. The molecule has 0 aromatic heterocycles. The maximum absolute atomic E-state index is 11.8. The number of hydrogen-bond acceptors (Lipinski definition) is 5. The normalized spacial score (nSPS) is 13.0. The molecule has 0 fully saturated rings. The van der Waals surface area contributed by atoms with Gasteiger partial charge in [0.15, 0.2) is 0 Å². The third-order valence-corrected chi connectivity index (χ3v) is 3.04. The lowest BCUT2D eigenvalue weighted by Crippen LogP contribution is -2.43. The fourth-order valence-electron chi connectivity index (χ4n) is 1.92. The monoisotopic (exact) mass is 274 g/mol. The Morgan fingerprint density at radius 2 is 1.95 bits per heavy atom. The molecule has 0 aromatic rings. The van der Waals surface area contributed by atoms with Gasteiger partial charge in [0.2, 0.25) is 0 Å². The van der Waals surface area contributed by atoms with Crippen LogP contribution in [0.3, 0.4) is 0 Å². The summed E-state index contributed by atoms with van der Waals surface area (Å²) >= 11 is 0. The molecule has 19 heavy (non-hydrogen) atoms. The molecule has 1 atom stereocenters. The third kappa shape index (κ3) is 8.18. The molecule has 0 aliphatic heterocycles. The third-order valence-electron chi connectivity index (χ3n) is 3.04. The van der Waals surface area contributed by atoms with Gasteiger partial charge in [0.05, 0.1) is 13.2 Å². The number of carbonyl (C=O) groups is 1. The summed E-state index contributed by atoms with van der Waals surface area (Å²) < 4.78 is 10.2. The van der Waals surface area contributed by atoms with E-state index in [0.717, 1.165) is 26.1 Å². The quantitative estimate of drug-likeness (QED) is 0.575. The first-order valence-electron chi connectivity index (χ1n) is 7.19. The van der Waals surface area contributed by atoms with Gasteiger partial charge in [-0.3, -0.25) is 9.69 Å². The van der Waals surface area contributed by atoms with Crippen molar-refractivity contribution < 1.29 is 14.3 Å². The van der Waals surface area contributed by atoms with Gasteiger partial charge in [-0.2, -0.15) is 0 Å². The Labute approximate surface area is 117 Å². The number of likely N-dealkylation sites (N-methyl/N-ethyl adjacent to an activating group) is 1. The van der Waals surface area contributed by atoms with Crippen molar-refractivity contribution in [3.8, 4) is 0 Å². The van der Waals surface area contributed by atoms with Gasteiger partial charge in [-0.1, -0.05) is 6.92 Å². The Balaban J connectivity index is 4.28. The Morgan fingerprint density at radius 3 is 2.42 bits per heavy atom. The van der Waals surface area contributed by atoms with E-state index >= 15 is 0 Å². The molecule has 0 aliphatic carbocycles. The topological polar surface area (TPSA) is 50.8 Å². The number of carbonyl (C=O) groups excluding carboxylic acids is 1. The second-order valence-electron chi connectivity index (χ2n) is 4.77. The molecule has 5 heteroatoms. The van der Waals surface area contributed by atoms with E-state index in [0.29, 0.717) is 19.3 Å². The number of ether oxygens (including phenoxy) is 2. The smallest absolute Gasteiger partial charge is 0.323 e. The first-order chi connectivity index (χ1) is 9.06. The summed E-state index contributed by atoms with van der Waals surface area (Å²) in [5.74, 6) is -0.153. The van der Waals surface area contributed by atoms with Crippen LogP contribution in [0.1, 0.15) is 34.1 Å². The molecule has 0 aromatic carbocycles. The molecule has 0 heterocycles. The maximum atomic E-state index is 11.8. The Bertz CT molecular complexity index is 235. The van der Waals surface area contributed by atoms with Gasteiger partial charge in [0, 0.05) is 26.2 Å². The largest absolute Gasteiger partial charge is 0.465 e. The molecule has 0 spiro atoms. The van der Waals surface area contributed by atoms with Crippen LogP contribution in [0.2, 0.25) is 0 Å². The van der Waals surface area contributed by atoms with Crippen LogP contribution in [0, 0.1) is 0 Å². The first-order valence-corrected chi connectivity index (χ1v) is 7.19. The number of nitrogens with one attached hydrogen (secondary N) is 1. The Kier molecular flexibility index (Phi) is 10.8. The predicted octanol–water partition coefficient (Wildman–Crippen LogP) is 1.27. The van der Waals surface area contributed by atoms with E-state index in [4.69, 9.17) is 9.47 Å². The molecule has 0 aliphatic rings. The van der Waals surface area contributed by atoms with E-state index < -0.39 is 0 Å². The number of rotatable bonds is 11. The average molecular weight is 274 g/mol. The highest BCUT2D eigenvalue weighted by Crippen LogP contribution is 2.04. The fourth-order valence-corrected chi connectivity index (χ4v) is 1.92. The zero-order valence-electron chi connectivity index (χ0n) is 13.1.